The molecule has 4 nitrogen and oxygen atoms in total. The number of carbonyl (C=O) groups is 2. The van der Waals surface area contributed by atoms with E-state index in [2.05, 4.69) is 5.32 Å². The summed E-state index contributed by atoms with van der Waals surface area (Å²) in [6.07, 6.45) is 0.422. The number of anilines is 1. The average molecular weight is 315 g/mol. The van der Waals surface area contributed by atoms with Crippen LogP contribution in [0.2, 0.25) is 0 Å². The van der Waals surface area contributed by atoms with Crippen LogP contribution in [-0.2, 0) is 4.79 Å². The summed E-state index contributed by atoms with van der Waals surface area (Å²) >= 11 is 12.0. The molecule has 0 heterocycles. The molecule has 20 heavy (non-hydrogen) atoms. The minimum absolute atomic E-state index is 0.122. The Morgan fingerprint density at radius 3 is 2.40 bits per heavy atom. The van der Waals surface area contributed by atoms with Crippen molar-refractivity contribution in [2.75, 3.05) is 19.4 Å². The SMILES string of the molecule is CN(C)C(=O)c1cccc(NC(=O)C2(C)CC2(Cl)Cl)c1. The summed E-state index contributed by atoms with van der Waals surface area (Å²) in [4.78, 5) is 25.5. The molecule has 0 aromatic heterocycles. The van der Waals surface area contributed by atoms with Crippen LogP contribution in [0.5, 0.6) is 0 Å². The third kappa shape index (κ3) is 2.63. The second-order valence-electron chi connectivity index (χ2n) is 5.45. The molecule has 0 saturated heterocycles. The quantitative estimate of drug-likeness (QED) is 0.872. The Morgan fingerprint density at radius 2 is 1.90 bits per heavy atom. The van der Waals surface area contributed by atoms with Gasteiger partial charge in [-0.25, -0.2) is 0 Å². The maximum absolute atomic E-state index is 12.2. The average Bonchev–Trinajstić information content (AvgIpc) is 2.89. The molecule has 2 rings (SSSR count). The Bertz CT molecular complexity index is 572. The highest BCUT2D eigenvalue weighted by molar-refractivity contribution is 6.53. The highest BCUT2D eigenvalue weighted by atomic mass is 35.5. The van der Waals surface area contributed by atoms with E-state index < -0.39 is 9.75 Å². The summed E-state index contributed by atoms with van der Waals surface area (Å²) < 4.78 is -1.01. The van der Waals surface area contributed by atoms with E-state index in [4.69, 9.17) is 23.2 Å². The van der Waals surface area contributed by atoms with E-state index in [1.165, 1.54) is 4.90 Å². The maximum Gasteiger partial charge on any atom is 0.253 e. The smallest absolute Gasteiger partial charge is 0.253 e. The third-order valence-corrected chi connectivity index (χ3v) is 4.63. The maximum atomic E-state index is 12.2. The largest absolute Gasteiger partial charge is 0.345 e. The number of halogens is 2. The van der Waals surface area contributed by atoms with Gasteiger partial charge in [-0.3, -0.25) is 9.59 Å². The third-order valence-electron chi connectivity index (χ3n) is 3.53. The Morgan fingerprint density at radius 1 is 1.30 bits per heavy atom. The molecule has 1 saturated carbocycles. The molecule has 6 heteroatoms. The fourth-order valence-electron chi connectivity index (χ4n) is 1.90. The van der Waals surface area contributed by atoms with Crippen molar-refractivity contribution in [3.8, 4) is 0 Å². The number of nitrogens with zero attached hydrogens (tertiary/aromatic N) is 1. The van der Waals surface area contributed by atoms with Gasteiger partial charge < -0.3 is 10.2 Å². The van der Waals surface area contributed by atoms with Gasteiger partial charge in [-0.05, 0) is 31.5 Å². The lowest BCUT2D eigenvalue weighted by Crippen LogP contribution is -2.26. The summed E-state index contributed by atoms with van der Waals surface area (Å²) in [5.74, 6) is -0.361. The van der Waals surface area contributed by atoms with Crippen molar-refractivity contribution in [3.05, 3.63) is 29.8 Å². The summed E-state index contributed by atoms with van der Waals surface area (Å²) in [5, 5.41) is 2.76. The topological polar surface area (TPSA) is 49.4 Å². The van der Waals surface area contributed by atoms with Crippen LogP contribution in [0.4, 0.5) is 5.69 Å². The van der Waals surface area contributed by atoms with Crippen LogP contribution < -0.4 is 5.32 Å². The Labute approximate surface area is 128 Å². The summed E-state index contributed by atoms with van der Waals surface area (Å²) in [7, 11) is 3.35. The number of alkyl halides is 2. The van der Waals surface area contributed by atoms with E-state index in [9.17, 15) is 9.59 Å². The van der Waals surface area contributed by atoms with Crippen molar-refractivity contribution < 1.29 is 9.59 Å². The zero-order valence-electron chi connectivity index (χ0n) is 11.5. The molecular weight excluding hydrogens is 299 g/mol. The van der Waals surface area contributed by atoms with E-state index in [1.54, 1.807) is 45.3 Å². The van der Waals surface area contributed by atoms with Crippen molar-refractivity contribution in [2.24, 2.45) is 5.41 Å². The molecule has 0 bridgehead atoms. The van der Waals surface area contributed by atoms with Crippen LogP contribution in [0.3, 0.4) is 0 Å². The Kier molecular flexibility index (Phi) is 3.73. The van der Waals surface area contributed by atoms with E-state index in [1.807, 2.05) is 0 Å². The molecular formula is C14H16Cl2N2O2. The van der Waals surface area contributed by atoms with Gasteiger partial charge >= 0.3 is 0 Å². The fourth-order valence-corrected chi connectivity index (χ4v) is 2.61. The predicted molar refractivity (Wildman–Crippen MR) is 80.3 cm³/mol. The molecule has 1 unspecified atom stereocenters. The Hall–Kier alpha value is -1.26. The van der Waals surface area contributed by atoms with Crippen molar-refractivity contribution in [1.82, 2.24) is 4.90 Å². The zero-order chi connectivity index (χ0) is 15.1. The summed E-state index contributed by atoms with van der Waals surface area (Å²) in [6.45, 7) is 1.72. The first-order chi connectivity index (χ1) is 9.17. The van der Waals surface area contributed by atoms with Crippen molar-refractivity contribution in [3.63, 3.8) is 0 Å². The zero-order valence-corrected chi connectivity index (χ0v) is 13.0. The van der Waals surface area contributed by atoms with Crippen LogP contribution in [0.25, 0.3) is 0 Å². The molecule has 1 aromatic rings. The predicted octanol–water partition coefficient (Wildman–Crippen LogP) is 2.91. The van der Waals surface area contributed by atoms with Crippen molar-refractivity contribution in [2.45, 2.75) is 17.7 Å². The van der Waals surface area contributed by atoms with E-state index in [-0.39, 0.29) is 11.8 Å². The van der Waals surface area contributed by atoms with Crippen LogP contribution in [0.15, 0.2) is 24.3 Å². The van der Waals surface area contributed by atoms with Gasteiger partial charge in [0.2, 0.25) is 5.91 Å². The first-order valence-electron chi connectivity index (χ1n) is 6.18. The highest BCUT2D eigenvalue weighted by Gasteiger charge is 2.67. The van der Waals surface area contributed by atoms with Crippen LogP contribution in [0, 0.1) is 5.41 Å². The lowest BCUT2D eigenvalue weighted by atomic mass is 10.1. The van der Waals surface area contributed by atoms with Crippen LogP contribution in [0.1, 0.15) is 23.7 Å². The van der Waals surface area contributed by atoms with Gasteiger partial charge in [0.05, 0.1) is 5.41 Å². The number of nitrogens with one attached hydrogen (secondary N) is 1. The molecule has 1 atom stereocenters. The molecule has 1 N–H and O–H groups in total. The van der Waals surface area contributed by atoms with Gasteiger partial charge in [0.1, 0.15) is 4.33 Å². The highest BCUT2D eigenvalue weighted by Crippen LogP contribution is 2.64. The lowest BCUT2D eigenvalue weighted by Gasteiger charge is -2.14. The molecule has 0 aliphatic heterocycles. The molecule has 2 amide bonds. The van der Waals surface area contributed by atoms with Crippen LogP contribution in [-0.4, -0.2) is 35.1 Å². The number of benzene rings is 1. The summed E-state index contributed by atoms with van der Waals surface area (Å²) in [5.41, 5.74) is 0.286. The molecule has 108 valence electrons. The fraction of sp³-hybridized carbons (Fsp3) is 0.429. The molecule has 1 aliphatic rings. The number of hydrogen-bond donors (Lipinski definition) is 1. The molecule has 1 aliphatic carbocycles. The first kappa shape index (κ1) is 15.1. The van der Waals surface area contributed by atoms with E-state index in [0.717, 1.165) is 0 Å². The second-order valence-corrected chi connectivity index (χ2v) is 6.93. The number of hydrogen-bond acceptors (Lipinski definition) is 2. The van der Waals surface area contributed by atoms with Gasteiger partial charge in [0, 0.05) is 25.3 Å². The van der Waals surface area contributed by atoms with Gasteiger partial charge in [-0.2, -0.15) is 0 Å². The first-order valence-corrected chi connectivity index (χ1v) is 6.94. The van der Waals surface area contributed by atoms with E-state index >= 15 is 0 Å². The molecule has 0 radical (unpaired) electrons. The van der Waals surface area contributed by atoms with Crippen LogP contribution >= 0.6 is 23.2 Å². The minimum Gasteiger partial charge on any atom is -0.345 e. The standard InChI is InChI=1S/C14H16Cl2N2O2/c1-13(8-14(13,15)16)12(20)17-10-6-4-5-9(7-10)11(19)18(2)3/h4-7H,8H2,1-3H3,(H,17,20). The number of carbonyl (C=O) groups excluding carboxylic acids is 2. The normalized spacial score (nSPS) is 23.1. The monoisotopic (exact) mass is 314 g/mol. The van der Waals surface area contributed by atoms with Gasteiger partial charge in [0.25, 0.3) is 5.91 Å². The van der Waals surface area contributed by atoms with Gasteiger partial charge in [0.15, 0.2) is 0 Å². The molecule has 0 spiro atoms. The van der Waals surface area contributed by atoms with Crippen molar-refractivity contribution in [1.29, 1.82) is 0 Å². The van der Waals surface area contributed by atoms with Crippen molar-refractivity contribution >= 4 is 40.7 Å². The molecule has 1 aromatic carbocycles. The van der Waals surface area contributed by atoms with Gasteiger partial charge in [-0.1, -0.05) is 6.07 Å². The number of amides is 2. The number of rotatable bonds is 3. The summed E-state index contributed by atoms with van der Waals surface area (Å²) in [6, 6.07) is 6.77. The molecule has 1 fully saturated rings. The Balaban J connectivity index is 2.14. The van der Waals surface area contributed by atoms with Gasteiger partial charge in [-0.15, -0.1) is 23.2 Å². The lowest BCUT2D eigenvalue weighted by molar-refractivity contribution is -0.120. The van der Waals surface area contributed by atoms with E-state index in [0.29, 0.717) is 17.7 Å². The second kappa shape index (κ2) is 4.93. The minimum atomic E-state index is -1.01.